The van der Waals surface area contributed by atoms with Gasteiger partial charge in [0.05, 0.1) is 6.07 Å². The molecule has 5 nitrogen and oxygen atoms in total. The van der Waals surface area contributed by atoms with E-state index in [1.165, 1.54) is 0 Å². The first-order valence-electron chi connectivity index (χ1n) is 5.10. The Kier molecular flexibility index (Phi) is 3.37. The van der Waals surface area contributed by atoms with E-state index in [-0.39, 0.29) is 12.3 Å². The molecule has 0 bridgehead atoms. The molecule has 84 valence electrons. The minimum absolute atomic E-state index is 0.0166. The minimum atomic E-state index is -0.0683. The topological polar surface area (TPSA) is 60.2 Å². The maximum absolute atomic E-state index is 11.5. The van der Waals surface area contributed by atoms with Crippen molar-refractivity contribution < 1.29 is 4.79 Å². The molecule has 0 radical (unpaired) electrons. The van der Waals surface area contributed by atoms with Crippen LogP contribution in [0.5, 0.6) is 0 Å². The number of anilines is 1. The summed E-state index contributed by atoms with van der Waals surface area (Å²) in [7, 11) is 0. The Balaban J connectivity index is 1.88. The van der Waals surface area contributed by atoms with E-state index >= 15 is 0 Å². The lowest BCUT2D eigenvalue weighted by molar-refractivity contribution is -0.130. The van der Waals surface area contributed by atoms with Crippen LogP contribution in [0.2, 0.25) is 0 Å². The van der Waals surface area contributed by atoms with Crippen LogP contribution in [0.25, 0.3) is 0 Å². The van der Waals surface area contributed by atoms with E-state index in [1.54, 1.807) is 22.4 Å². The number of nitriles is 1. The maximum atomic E-state index is 11.5. The molecule has 2 heterocycles. The van der Waals surface area contributed by atoms with Crippen LogP contribution in [-0.2, 0) is 4.79 Å². The zero-order chi connectivity index (χ0) is 11.4. The monoisotopic (exact) mass is 236 g/mol. The molecule has 6 heteroatoms. The highest BCUT2D eigenvalue weighted by Crippen LogP contribution is 2.18. The summed E-state index contributed by atoms with van der Waals surface area (Å²) in [5.74, 6) is -0.0683. The van der Waals surface area contributed by atoms with Gasteiger partial charge in [-0.25, -0.2) is 4.98 Å². The molecule has 0 aliphatic carbocycles. The third-order valence-corrected chi connectivity index (χ3v) is 3.38. The fraction of sp³-hybridized carbons (Fsp3) is 0.500. The van der Waals surface area contributed by atoms with Crippen molar-refractivity contribution in [2.75, 3.05) is 31.1 Å². The Morgan fingerprint density at radius 1 is 1.50 bits per heavy atom. The van der Waals surface area contributed by atoms with Gasteiger partial charge < -0.3 is 9.80 Å². The highest BCUT2D eigenvalue weighted by Gasteiger charge is 2.21. The SMILES string of the molecule is N#CCC(=O)N1CCN(c2nccs2)CC1. The zero-order valence-corrected chi connectivity index (χ0v) is 9.61. The molecule has 0 spiro atoms. The molecule has 0 unspecified atom stereocenters. The molecule has 1 amide bonds. The van der Waals surface area contributed by atoms with Gasteiger partial charge in [0.2, 0.25) is 5.91 Å². The molecule has 1 aromatic rings. The summed E-state index contributed by atoms with van der Waals surface area (Å²) in [6.07, 6.45) is 1.77. The van der Waals surface area contributed by atoms with E-state index in [9.17, 15) is 4.79 Å². The van der Waals surface area contributed by atoms with Crippen LogP contribution in [0, 0.1) is 11.3 Å². The lowest BCUT2D eigenvalue weighted by Gasteiger charge is -2.34. The van der Waals surface area contributed by atoms with Crippen LogP contribution >= 0.6 is 11.3 Å². The number of carbonyl (C=O) groups is 1. The highest BCUT2D eigenvalue weighted by atomic mass is 32.1. The Morgan fingerprint density at radius 2 is 2.25 bits per heavy atom. The second kappa shape index (κ2) is 4.94. The van der Waals surface area contributed by atoms with Gasteiger partial charge in [-0.05, 0) is 0 Å². The summed E-state index contributed by atoms with van der Waals surface area (Å²) in [4.78, 5) is 19.6. The van der Waals surface area contributed by atoms with Crippen LogP contribution in [-0.4, -0.2) is 42.0 Å². The van der Waals surface area contributed by atoms with Gasteiger partial charge in [-0.1, -0.05) is 0 Å². The van der Waals surface area contributed by atoms with Gasteiger partial charge in [0.15, 0.2) is 5.13 Å². The predicted molar refractivity (Wildman–Crippen MR) is 61.1 cm³/mol. The summed E-state index contributed by atoms with van der Waals surface area (Å²) in [5, 5.41) is 11.4. The Morgan fingerprint density at radius 3 is 2.81 bits per heavy atom. The van der Waals surface area contributed by atoms with Crippen molar-refractivity contribution in [3.63, 3.8) is 0 Å². The molecule has 2 rings (SSSR count). The second-order valence-electron chi connectivity index (χ2n) is 3.52. The van der Waals surface area contributed by atoms with Gasteiger partial charge in [0, 0.05) is 37.8 Å². The normalized spacial score (nSPS) is 15.9. The van der Waals surface area contributed by atoms with Crippen LogP contribution in [0.3, 0.4) is 0 Å². The van der Waals surface area contributed by atoms with Crippen molar-refractivity contribution in [1.29, 1.82) is 5.26 Å². The molecule has 0 atom stereocenters. The van der Waals surface area contributed by atoms with Crippen molar-refractivity contribution in [1.82, 2.24) is 9.88 Å². The largest absolute Gasteiger partial charge is 0.345 e. The predicted octanol–water partition coefficient (Wildman–Crippen LogP) is 0.705. The van der Waals surface area contributed by atoms with Gasteiger partial charge in [-0.2, -0.15) is 5.26 Å². The van der Waals surface area contributed by atoms with Crippen molar-refractivity contribution in [3.05, 3.63) is 11.6 Å². The van der Waals surface area contributed by atoms with Gasteiger partial charge >= 0.3 is 0 Å². The van der Waals surface area contributed by atoms with E-state index in [2.05, 4.69) is 9.88 Å². The third-order valence-electron chi connectivity index (χ3n) is 2.55. The first-order chi connectivity index (χ1) is 7.81. The molecule has 1 fully saturated rings. The number of piperazine rings is 1. The number of nitrogens with zero attached hydrogens (tertiary/aromatic N) is 4. The van der Waals surface area contributed by atoms with Gasteiger partial charge in [-0.15, -0.1) is 11.3 Å². The van der Waals surface area contributed by atoms with Crippen LogP contribution in [0.1, 0.15) is 6.42 Å². The molecule has 16 heavy (non-hydrogen) atoms. The average Bonchev–Trinajstić information content (AvgIpc) is 2.83. The number of aromatic nitrogens is 1. The standard InChI is InChI=1S/C10H12N4OS/c11-2-1-9(15)13-4-6-14(7-5-13)10-12-3-8-16-10/h3,8H,1,4-7H2. The zero-order valence-electron chi connectivity index (χ0n) is 8.80. The maximum Gasteiger partial charge on any atom is 0.236 e. The fourth-order valence-electron chi connectivity index (χ4n) is 1.70. The van der Waals surface area contributed by atoms with Crippen LogP contribution in [0.4, 0.5) is 5.13 Å². The summed E-state index contributed by atoms with van der Waals surface area (Å²) < 4.78 is 0. The minimum Gasteiger partial charge on any atom is -0.345 e. The lowest BCUT2D eigenvalue weighted by atomic mass is 10.3. The van der Waals surface area contributed by atoms with Crippen molar-refractivity contribution in [2.24, 2.45) is 0 Å². The Bertz CT molecular complexity index is 389. The number of hydrogen-bond donors (Lipinski definition) is 0. The van der Waals surface area contributed by atoms with Crippen molar-refractivity contribution in [2.45, 2.75) is 6.42 Å². The molecule has 1 aliphatic rings. The number of thiazole rings is 1. The smallest absolute Gasteiger partial charge is 0.236 e. The number of hydrogen-bond acceptors (Lipinski definition) is 5. The highest BCUT2D eigenvalue weighted by molar-refractivity contribution is 7.13. The van der Waals surface area contributed by atoms with Crippen LogP contribution in [0.15, 0.2) is 11.6 Å². The van der Waals surface area contributed by atoms with E-state index < -0.39 is 0 Å². The van der Waals surface area contributed by atoms with E-state index in [1.807, 2.05) is 11.4 Å². The molecule has 0 N–H and O–H groups in total. The molecule has 1 aromatic heterocycles. The van der Waals surface area contributed by atoms with Crippen LogP contribution < -0.4 is 4.90 Å². The summed E-state index contributed by atoms with van der Waals surface area (Å²) in [6, 6.07) is 1.89. The molecule has 0 aromatic carbocycles. The van der Waals surface area contributed by atoms with E-state index in [4.69, 9.17) is 5.26 Å². The lowest BCUT2D eigenvalue weighted by Crippen LogP contribution is -2.48. The summed E-state index contributed by atoms with van der Waals surface area (Å²) in [5.41, 5.74) is 0. The first kappa shape index (κ1) is 10.9. The fourth-order valence-corrected chi connectivity index (χ4v) is 2.40. The Labute approximate surface area is 97.9 Å². The second-order valence-corrected chi connectivity index (χ2v) is 4.39. The molecule has 1 aliphatic heterocycles. The molecule has 1 saturated heterocycles. The van der Waals surface area contributed by atoms with E-state index in [0.717, 1.165) is 18.2 Å². The summed E-state index contributed by atoms with van der Waals surface area (Å²) >= 11 is 1.61. The Hall–Kier alpha value is -1.61. The molecular formula is C10H12N4OS. The third kappa shape index (κ3) is 2.31. The van der Waals surface area contributed by atoms with Gasteiger partial charge in [0.1, 0.15) is 6.42 Å². The van der Waals surface area contributed by atoms with Gasteiger partial charge in [-0.3, -0.25) is 4.79 Å². The van der Waals surface area contributed by atoms with Crippen molar-refractivity contribution >= 4 is 22.4 Å². The average molecular weight is 236 g/mol. The quantitative estimate of drug-likeness (QED) is 0.758. The first-order valence-corrected chi connectivity index (χ1v) is 5.98. The number of carbonyl (C=O) groups excluding carboxylic acids is 1. The van der Waals surface area contributed by atoms with Crippen molar-refractivity contribution in [3.8, 4) is 6.07 Å². The van der Waals surface area contributed by atoms with E-state index in [0.29, 0.717) is 13.1 Å². The summed E-state index contributed by atoms with van der Waals surface area (Å²) in [6.45, 7) is 2.95. The molecular weight excluding hydrogens is 224 g/mol. The number of amides is 1. The molecule has 0 saturated carbocycles. The van der Waals surface area contributed by atoms with Gasteiger partial charge in [0.25, 0.3) is 0 Å². The number of rotatable bonds is 2.